The molecule has 53 heavy (non-hydrogen) atoms. The summed E-state index contributed by atoms with van der Waals surface area (Å²) in [5.74, 6) is -6.02. The molecule has 2 heterocycles. The standard InChI is InChI=1S/C34H31F9N2O7S/c35-23-8-10-24(11-9-23)53(50,51)31(14-17-45(19-31)28(46)20-12-15-44(16-13-20)29(47)30(48)49)21-4-6-22(7-5-21)32(33(38,39)40,34(41,42)43)52-18-25-26(36)2-1-3-27(25)37/h1-11,20,30,48-49H,12-19H2. The second kappa shape index (κ2) is 14.6. The van der Waals surface area contributed by atoms with Crippen molar-refractivity contribution < 1.29 is 72.5 Å². The molecule has 2 saturated heterocycles. The maximum atomic E-state index is 14.6. The number of alkyl halides is 6. The van der Waals surface area contributed by atoms with Crippen LogP contribution in [0.4, 0.5) is 39.5 Å². The number of piperidine rings is 1. The van der Waals surface area contributed by atoms with Crippen LogP contribution in [0.3, 0.4) is 0 Å². The average molecular weight is 783 g/mol. The fourth-order valence-electron chi connectivity index (χ4n) is 6.78. The van der Waals surface area contributed by atoms with Crippen LogP contribution in [0.25, 0.3) is 0 Å². The third-order valence-electron chi connectivity index (χ3n) is 9.67. The van der Waals surface area contributed by atoms with Crippen molar-refractivity contribution in [3.8, 4) is 0 Å². The molecular formula is C34H31F9N2O7S. The maximum Gasteiger partial charge on any atom is 0.430 e. The number of sulfone groups is 1. The van der Waals surface area contributed by atoms with E-state index in [0.29, 0.717) is 36.4 Å². The number of halogens is 9. The van der Waals surface area contributed by atoms with Crippen LogP contribution in [0.2, 0.25) is 0 Å². The number of benzene rings is 3. The highest BCUT2D eigenvalue weighted by atomic mass is 32.2. The molecule has 0 aromatic heterocycles. The first kappa shape index (κ1) is 40.0. The molecule has 2 fully saturated rings. The fraction of sp³-hybridized carbons (Fsp3) is 0.412. The number of aliphatic hydroxyl groups excluding tert-OH is 1. The van der Waals surface area contributed by atoms with Crippen molar-refractivity contribution >= 4 is 21.7 Å². The van der Waals surface area contributed by atoms with E-state index in [1.54, 1.807) is 0 Å². The van der Waals surface area contributed by atoms with Gasteiger partial charge in [-0.3, -0.25) is 9.59 Å². The summed E-state index contributed by atoms with van der Waals surface area (Å²) >= 11 is 0. The van der Waals surface area contributed by atoms with Gasteiger partial charge in [0.05, 0.1) is 11.5 Å². The number of hydrogen-bond donors (Lipinski definition) is 2. The van der Waals surface area contributed by atoms with E-state index in [4.69, 9.17) is 0 Å². The van der Waals surface area contributed by atoms with Gasteiger partial charge in [0.2, 0.25) is 12.2 Å². The molecule has 2 N–H and O–H groups in total. The molecule has 2 aliphatic heterocycles. The largest absolute Gasteiger partial charge is 0.430 e. The highest BCUT2D eigenvalue weighted by Gasteiger charge is 2.73. The summed E-state index contributed by atoms with van der Waals surface area (Å²) < 4.78 is 160. The van der Waals surface area contributed by atoms with Crippen molar-refractivity contribution in [3.05, 3.63) is 101 Å². The quantitative estimate of drug-likeness (QED) is 0.176. The lowest BCUT2D eigenvalue weighted by Gasteiger charge is -2.38. The van der Waals surface area contributed by atoms with Crippen molar-refractivity contribution in [2.75, 3.05) is 26.2 Å². The second-order valence-electron chi connectivity index (χ2n) is 12.7. The topological polar surface area (TPSA) is 124 Å². The Balaban J connectivity index is 1.54. The van der Waals surface area contributed by atoms with Crippen LogP contribution in [0.15, 0.2) is 71.6 Å². The number of ether oxygens (including phenoxy) is 1. The molecule has 5 rings (SSSR count). The van der Waals surface area contributed by atoms with Gasteiger partial charge in [0, 0.05) is 43.2 Å². The van der Waals surface area contributed by atoms with Crippen LogP contribution in [-0.4, -0.2) is 85.1 Å². The zero-order valence-electron chi connectivity index (χ0n) is 27.3. The SMILES string of the molecule is O=C(C(O)O)N1CCC(C(=O)N2CCC(c3ccc(C(OCc4c(F)cccc4F)(C(F)(F)F)C(F)(F)F)cc3)(S(=O)(=O)c3ccc(F)cc3)C2)CC1. The molecule has 0 radical (unpaired) electrons. The summed E-state index contributed by atoms with van der Waals surface area (Å²) in [4.78, 5) is 27.4. The van der Waals surface area contributed by atoms with Crippen LogP contribution < -0.4 is 0 Å². The van der Waals surface area contributed by atoms with Gasteiger partial charge in [-0.15, -0.1) is 0 Å². The Kier molecular flexibility index (Phi) is 11.0. The van der Waals surface area contributed by atoms with Gasteiger partial charge >= 0.3 is 12.4 Å². The summed E-state index contributed by atoms with van der Waals surface area (Å²) in [7, 11) is -4.69. The van der Waals surface area contributed by atoms with Gasteiger partial charge in [-0.2, -0.15) is 26.3 Å². The number of rotatable bonds is 9. The summed E-state index contributed by atoms with van der Waals surface area (Å²) in [6.07, 6.45) is -15.1. The Morgan fingerprint density at radius 3 is 1.87 bits per heavy atom. The monoisotopic (exact) mass is 782 g/mol. The molecule has 19 heteroatoms. The Morgan fingerprint density at radius 2 is 1.36 bits per heavy atom. The Bertz CT molecular complexity index is 1900. The predicted molar refractivity (Wildman–Crippen MR) is 165 cm³/mol. The Labute approximate surface area is 296 Å². The molecule has 3 aromatic rings. The van der Waals surface area contributed by atoms with Crippen molar-refractivity contribution in [3.63, 3.8) is 0 Å². The minimum atomic E-state index is -6.27. The van der Waals surface area contributed by atoms with E-state index < -0.39 is 110 Å². The lowest BCUT2D eigenvalue weighted by Crippen LogP contribution is -2.56. The predicted octanol–water partition coefficient (Wildman–Crippen LogP) is 5.09. The fourth-order valence-corrected chi connectivity index (χ4v) is 8.86. The lowest BCUT2D eigenvalue weighted by atomic mass is 9.88. The van der Waals surface area contributed by atoms with E-state index >= 15 is 0 Å². The number of carbonyl (C=O) groups excluding carboxylic acids is 2. The summed E-state index contributed by atoms with van der Waals surface area (Å²) in [6, 6.07) is 7.65. The van der Waals surface area contributed by atoms with Gasteiger partial charge in [-0.1, -0.05) is 30.3 Å². The van der Waals surface area contributed by atoms with Crippen molar-refractivity contribution in [1.82, 2.24) is 9.80 Å². The molecule has 0 aliphatic carbocycles. The minimum absolute atomic E-state index is 0.0348. The highest BCUT2D eigenvalue weighted by molar-refractivity contribution is 7.92. The minimum Gasteiger partial charge on any atom is -0.361 e. The van der Waals surface area contributed by atoms with Crippen LogP contribution in [-0.2, 0) is 41.1 Å². The lowest BCUT2D eigenvalue weighted by molar-refractivity contribution is -0.392. The van der Waals surface area contributed by atoms with Crippen LogP contribution in [0.5, 0.6) is 0 Å². The molecule has 9 nitrogen and oxygen atoms in total. The molecule has 2 aliphatic rings. The van der Waals surface area contributed by atoms with Gasteiger partial charge in [-0.25, -0.2) is 21.6 Å². The normalized spacial score (nSPS) is 19.2. The van der Waals surface area contributed by atoms with Crippen LogP contribution in [0, 0.1) is 23.4 Å². The number of nitrogens with zero attached hydrogens (tertiary/aromatic N) is 2. The first-order chi connectivity index (χ1) is 24.7. The molecule has 1 atom stereocenters. The van der Waals surface area contributed by atoms with E-state index in [1.807, 2.05) is 0 Å². The van der Waals surface area contributed by atoms with Gasteiger partial charge in [0.1, 0.15) is 22.2 Å². The number of carbonyl (C=O) groups is 2. The third kappa shape index (κ3) is 7.23. The summed E-state index contributed by atoms with van der Waals surface area (Å²) in [5.41, 5.74) is -8.26. The van der Waals surface area contributed by atoms with E-state index in [1.165, 1.54) is 4.90 Å². The summed E-state index contributed by atoms with van der Waals surface area (Å²) in [5, 5.41) is 18.3. The van der Waals surface area contributed by atoms with Gasteiger partial charge in [0.15, 0.2) is 9.84 Å². The van der Waals surface area contributed by atoms with E-state index in [0.717, 1.165) is 35.2 Å². The van der Waals surface area contributed by atoms with Crippen molar-refractivity contribution in [1.29, 1.82) is 0 Å². The molecule has 2 amide bonds. The second-order valence-corrected chi connectivity index (χ2v) is 14.9. The van der Waals surface area contributed by atoms with E-state index in [2.05, 4.69) is 4.74 Å². The number of hydrogen-bond acceptors (Lipinski definition) is 7. The Morgan fingerprint density at radius 1 is 0.811 bits per heavy atom. The van der Waals surface area contributed by atoms with Crippen LogP contribution in [0.1, 0.15) is 36.0 Å². The van der Waals surface area contributed by atoms with E-state index in [9.17, 15) is 67.7 Å². The molecule has 1 unspecified atom stereocenters. The molecule has 288 valence electrons. The van der Waals surface area contributed by atoms with E-state index in [-0.39, 0.29) is 38.0 Å². The Hall–Kier alpha value is -4.20. The van der Waals surface area contributed by atoms with Crippen LogP contribution >= 0.6 is 0 Å². The maximum absolute atomic E-state index is 14.6. The molecule has 0 bridgehead atoms. The van der Waals surface area contributed by atoms with Gasteiger partial charge in [0.25, 0.3) is 11.5 Å². The molecule has 0 spiro atoms. The highest BCUT2D eigenvalue weighted by Crippen LogP contribution is 2.54. The molecule has 0 saturated carbocycles. The zero-order chi connectivity index (χ0) is 39.1. The van der Waals surface area contributed by atoms with Gasteiger partial charge in [-0.05, 0) is 61.2 Å². The zero-order valence-corrected chi connectivity index (χ0v) is 28.1. The number of amides is 2. The average Bonchev–Trinajstić information content (AvgIpc) is 3.56. The van der Waals surface area contributed by atoms with Crippen molar-refractivity contribution in [2.24, 2.45) is 5.92 Å². The third-order valence-corrected chi connectivity index (χ3v) is 12.2. The first-order valence-electron chi connectivity index (χ1n) is 15.9. The number of aliphatic hydroxyl groups is 2. The molecular weight excluding hydrogens is 751 g/mol. The smallest absolute Gasteiger partial charge is 0.361 e. The van der Waals surface area contributed by atoms with Gasteiger partial charge < -0.3 is 24.7 Å². The summed E-state index contributed by atoms with van der Waals surface area (Å²) in [6.45, 7) is -2.72. The van der Waals surface area contributed by atoms with Crippen molar-refractivity contribution in [2.45, 2.75) is 59.8 Å². The molecule has 3 aromatic carbocycles. The first-order valence-corrected chi connectivity index (χ1v) is 17.4. The number of likely N-dealkylation sites (tertiary alicyclic amines) is 2.